The normalized spacial score (nSPS) is 13.2. The van der Waals surface area contributed by atoms with Crippen molar-refractivity contribution in [2.45, 2.75) is 80.2 Å². The lowest BCUT2D eigenvalue weighted by Crippen LogP contribution is -2.47. The zero-order valence-electron chi connectivity index (χ0n) is 13.7. The molecule has 1 amide bonds. The van der Waals surface area contributed by atoms with Gasteiger partial charge in [-0.2, -0.15) is 0 Å². The van der Waals surface area contributed by atoms with Crippen LogP contribution in [0.5, 0.6) is 0 Å². The molecule has 0 aliphatic rings. The van der Waals surface area contributed by atoms with Crippen LogP contribution in [-0.2, 0) is 4.79 Å². The smallest absolute Gasteiger partial charge is 0.220 e. The Kier molecular flexibility index (Phi) is 6.39. The SMILES string of the molecule is CC(C)CCC(=O)NC(C)(C)CC(C)(C)C(C)C. The largest absolute Gasteiger partial charge is 0.351 e. The fourth-order valence-corrected chi connectivity index (χ4v) is 2.25. The Morgan fingerprint density at radius 1 is 1.06 bits per heavy atom. The molecular formula is C16H33NO. The second kappa shape index (κ2) is 6.58. The molecule has 1 N–H and O–H groups in total. The lowest BCUT2D eigenvalue weighted by Gasteiger charge is -2.38. The summed E-state index contributed by atoms with van der Waals surface area (Å²) in [4.78, 5) is 11.9. The lowest BCUT2D eigenvalue weighted by atomic mass is 9.72. The minimum absolute atomic E-state index is 0.123. The Morgan fingerprint density at radius 2 is 1.56 bits per heavy atom. The first kappa shape index (κ1) is 17.5. The van der Waals surface area contributed by atoms with E-state index in [0.29, 0.717) is 18.3 Å². The average Bonchev–Trinajstić information content (AvgIpc) is 2.11. The third kappa shape index (κ3) is 7.03. The molecule has 0 saturated carbocycles. The zero-order valence-corrected chi connectivity index (χ0v) is 13.7. The van der Waals surface area contributed by atoms with E-state index in [-0.39, 0.29) is 16.9 Å². The maximum absolute atomic E-state index is 11.9. The Morgan fingerprint density at radius 3 is 1.94 bits per heavy atom. The monoisotopic (exact) mass is 255 g/mol. The molecule has 0 bridgehead atoms. The van der Waals surface area contributed by atoms with Gasteiger partial charge in [0.2, 0.25) is 5.91 Å². The van der Waals surface area contributed by atoms with Crippen LogP contribution in [0.3, 0.4) is 0 Å². The Hall–Kier alpha value is -0.530. The van der Waals surface area contributed by atoms with Crippen molar-refractivity contribution in [3.63, 3.8) is 0 Å². The first-order chi connectivity index (χ1) is 7.96. The van der Waals surface area contributed by atoms with Gasteiger partial charge in [0.05, 0.1) is 0 Å². The number of carbonyl (C=O) groups excluding carboxylic acids is 1. The molecule has 0 aromatic heterocycles. The molecular weight excluding hydrogens is 222 g/mol. The first-order valence-corrected chi connectivity index (χ1v) is 7.27. The van der Waals surface area contributed by atoms with Crippen LogP contribution in [0.4, 0.5) is 0 Å². The standard InChI is InChI=1S/C16H33NO/c1-12(2)9-10-14(18)17-16(7,8)11-15(5,6)13(3)4/h12-13H,9-11H2,1-8H3,(H,17,18). The number of carbonyl (C=O) groups is 1. The molecule has 0 saturated heterocycles. The minimum Gasteiger partial charge on any atom is -0.351 e. The van der Waals surface area contributed by atoms with Gasteiger partial charge in [-0.1, -0.05) is 41.5 Å². The summed E-state index contributed by atoms with van der Waals surface area (Å²) in [5.74, 6) is 1.39. The summed E-state index contributed by atoms with van der Waals surface area (Å²) in [5.41, 5.74) is 0.122. The highest BCUT2D eigenvalue weighted by molar-refractivity contribution is 5.76. The van der Waals surface area contributed by atoms with Gasteiger partial charge in [0, 0.05) is 12.0 Å². The van der Waals surface area contributed by atoms with Crippen molar-refractivity contribution in [1.29, 1.82) is 0 Å². The molecule has 0 unspecified atom stereocenters. The van der Waals surface area contributed by atoms with Crippen molar-refractivity contribution >= 4 is 5.91 Å². The Balaban J connectivity index is 4.34. The zero-order chi connectivity index (χ0) is 14.6. The quantitative estimate of drug-likeness (QED) is 0.718. The Labute approximate surface area is 114 Å². The van der Waals surface area contributed by atoms with Crippen molar-refractivity contribution in [2.75, 3.05) is 0 Å². The van der Waals surface area contributed by atoms with Gasteiger partial charge in [-0.15, -0.1) is 0 Å². The van der Waals surface area contributed by atoms with Crippen LogP contribution in [0.1, 0.15) is 74.7 Å². The molecule has 2 nitrogen and oxygen atoms in total. The summed E-state index contributed by atoms with van der Waals surface area (Å²) in [6.45, 7) is 17.6. The topological polar surface area (TPSA) is 29.1 Å². The lowest BCUT2D eigenvalue weighted by molar-refractivity contribution is -0.123. The van der Waals surface area contributed by atoms with Gasteiger partial charge >= 0.3 is 0 Å². The maximum atomic E-state index is 11.9. The fraction of sp³-hybridized carbons (Fsp3) is 0.938. The van der Waals surface area contributed by atoms with E-state index in [2.05, 4.69) is 60.7 Å². The molecule has 108 valence electrons. The van der Waals surface area contributed by atoms with Crippen LogP contribution in [0.2, 0.25) is 0 Å². The first-order valence-electron chi connectivity index (χ1n) is 7.27. The molecule has 0 fully saturated rings. The second-order valence-electron chi connectivity index (χ2n) is 7.68. The van der Waals surface area contributed by atoms with Crippen molar-refractivity contribution in [3.8, 4) is 0 Å². The molecule has 0 heterocycles. The predicted molar refractivity (Wildman–Crippen MR) is 79.5 cm³/mol. The molecule has 2 heteroatoms. The highest BCUT2D eigenvalue weighted by Crippen LogP contribution is 2.34. The third-order valence-corrected chi connectivity index (χ3v) is 3.89. The molecule has 0 radical (unpaired) electrons. The molecule has 0 aliphatic heterocycles. The van der Waals surface area contributed by atoms with Gasteiger partial charge in [-0.3, -0.25) is 4.79 Å². The van der Waals surface area contributed by atoms with E-state index in [4.69, 9.17) is 0 Å². The van der Waals surface area contributed by atoms with E-state index in [1.807, 2.05) is 0 Å². The second-order valence-corrected chi connectivity index (χ2v) is 7.68. The molecule has 0 atom stereocenters. The summed E-state index contributed by atoms with van der Waals surface area (Å²) in [7, 11) is 0. The highest BCUT2D eigenvalue weighted by atomic mass is 16.1. The van der Waals surface area contributed by atoms with E-state index in [1.54, 1.807) is 0 Å². The Bertz CT molecular complexity index is 264. The van der Waals surface area contributed by atoms with Crippen molar-refractivity contribution < 1.29 is 4.79 Å². The average molecular weight is 255 g/mol. The van der Waals surface area contributed by atoms with Crippen LogP contribution in [0, 0.1) is 17.3 Å². The number of amides is 1. The molecule has 0 aliphatic carbocycles. The summed E-state index contributed by atoms with van der Waals surface area (Å²) < 4.78 is 0. The summed E-state index contributed by atoms with van der Waals surface area (Å²) in [6, 6.07) is 0. The van der Waals surface area contributed by atoms with Crippen LogP contribution in [0.25, 0.3) is 0 Å². The van der Waals surface area contributed by atoms with Crippen molar-refractivity contribution in [3.05, 3.63) is 0 Å². The number of rotatable bonds is 7. The molecule has 0 aromatic carbocycles. The van der Waals surface area contributed by atoms with E-state index in [0.717, 1.165) is 12.8 Å². The summed E-state index contributed by atoms with van der Waals surface area (Å²) >= 11 is 0. The van der Waals surface area contributed by atoms with Crippen LogP contribution >= 0.6 is 0 Å². The van der Waals surface area contributed by atoms with Gasteiger partial charge in [0.25, 0.3) is 0 Å². The van der Waals surface area contributed by atoms with Crippen LogP contribution < -0.4 is 5.32 Å². The van der Waals surface area contributed by atoms with Crippen molar-refractivity contribution in [2.24, 2.45) is 17.3 Å². The number of hydrogen-bond acceptors (Lipinski definition) is 1. The third-order valence-electron chi connectivity index (χ3n) is 3.89. The highest BCUT2D eigenvalue weighted by Gasteiger charge is 2.32. The number of nitrogens with one attached hydrogen (secondary N) is 1. The minimum atomic E-state index is -0.123. The van der Waals surface area contributed by atoms with Gasteiger partial charge in [0.1, 0.15) is 0 Å². The van der Waals surface area contributed by atoms with Gasteiger partial charge in [0.15, 0.2) is 0 Å². The van der Waals surface area contributed by atoms with E-state index >= 15 is 0 Å². The maximum Gasteiger partial charge on any atom is 0.220 e. The molecule has 0 spiro atoms. The van der Waals surface area contributed by atoms with E-state index in [9.17, 15) is 4.79 Å². The number of hydrogen-bond donors (Lipinski definition) is 1. The van der Waals surface area contributed by atoms with Crippen LogP contribution in [-0.4, -0.2) is 11.4 Å². The molecule has 18 heavy (non-hydrogen) atoms. The molecule has 0 aromatic rings. The summed E-state index contributed by atoms with van der Waals surface area (Å²) in [5, 5.41) is 3.18. The van der Waals surface area contributed by atoms with E-state index < -0.39 is 0 Å². The van der Waals surface area contributed by atoms with Gasteiger partial charge in [-0.25, -0.2) is 0 Å². The fourth-order valence-electron chi connectivity index (χ4n) is 2.25. The van der Waals surface area contributed by atoms with E-state index in [1.165, 1.54) is 0 Å². The van der Waals surface area contributed by atoms with Gasteiger partial charge < -0.3 is 5.32 Å². The van der Waals surface area contributed by atoms with Gasteiger partial charge in [-0.05, 0) is 43.9 Å². The molecule has 0 rings (SSSR count). The van der Waals surface area contributed by atoms with Crippen molar-refractivity contribution in [1.82, 2.24) is 5.32 Å². The van der Waals surface area contributed by atoms with Crippen LogP contribution in [0.15, 0.2) is 0 Å². The summed E-state index contributed by atoms with van der Waals surface area (Å²) in [6.07, 6.45) is 2.61. The predicted octanol–water partition coefficient (Wildman–Crippen LogP) is 4.39.